The van der Waals surface area contributed by atoms with Crippen LogP contribution in [-0.2, 0) is 15.7 Å². The van der Waals surface area contributed by atoms with E-state index in [1.54, 1.807) is 0 Å². The van der Waals surface area contributed by atoms with Gasteiger partial charge in [-0.2, -0.15) is 13.2 Å². The maximum atomic E-state index is 12.7. The lowest BCUT2D eigenvalue weighted by atomic mass is 10.1. The van der Waals surface area contributed by atoms with Crippen molar-refractivity contribution < 1.29 is 27.4 Å². The molecule has 2 N–H and O–H groups in total. The van der Waals surface area contributed by atoms with E-state index in [9.17, 15) is 13.2 Å². The van der Waals surface area contributed by atoms with E-state index in [0.29, 0.717) is 38.1 Å². The van der Waals surface area contributed by atoms with E-state index in [1.165, 1.54) is 12.1 Å². The molecule has 0 aromatic heterocycles. The minimum Gasteiger partial charge on any atom is -0.492 e. The Morgan fingerprint density at radius 2 is 2.14 bits per heavy atom. The summed E-state index contributed by atoms with van der Waals surface area (Å²) in [5, 5.41) is 6.23. The Bertz CT molecular complexity index is 620. The summed E-state index contributed by atoms with van der Waals surface area (Å²) in [6, 6.07) is 4.86. The zero-order valence-corrected chi connectivity index (χ0v) is 16.8. The fraction of sp³-hybridized carbons (Fsp3) is 0.650. The Hall–Kier alpha value is -2.00. The maximum absolute atomic E-state index is 12.7. The number of rotatable bonds is 11. The highest BCUT2D eigenvalue weighted by Gasteiger charge is 2.30. The number of alkyl halides is 3. The smallest absolute Gasteiger partial charge is 0.416 e. The monoisotopic (exact) mass is 417 g/mol. The van der Waals surface area contributed by atoms with E-state index in [4.69, 9.17) is 14.2 Å². The van der Waals surface area contributed by atoms with Gasteiger partial charge in [0, 0.05) is 32.2 Å². The number of hydrogen-bond donors (Lipinski definition) is 2. The van der Waals surface area contributed by atoms with Gasteiger partial charge in [-0.25, -0.2) is 0 Å². The van der Waals surface area contributed by atoms with Crippen LogP contribution in [0.2, 0.25) is 0 Å². The molecule has 0 spiro atoms. The fourth-order valence-corrected chi connectivity index (χ4v) is 2.76. The molecule has 9 heteroatoms. The van der Waals surface area contributed by atoms with Crippen molar-refractivity contribution in [3.05, 3.63) is 29.8 Å². The first-order valence-electron chi connectivity index (χ1n) is 9.96. The van der Waals surface area contributed by atoms with Gasteiger partial charge in [-0.15, -0.1) is 0 Å². The van der Waals surface area contributed by atoms with E-state index in [0.717, 1.165) is 44.8 Å². The van der Waals surface area contributed by atoms with Crippen LogP contribution in [0, 0.1) is 5.92 Å². The van der Waals surface area contributed by atoms with E-state index in [2.05, 4.69) is 15.6 Å². The standard InChI is InChI=1S/C20H30F3N3O3/c1-2-24-19(25-8-4-10-27-14-16-7-11-28-15-16)26-9-12-29-18-6-3-5-17(13-18)20(21,22)23/h3,5-6,13,16H,2,4,7-12,14-15H2,1H3,(H2,24,25,26). The number of aliphatic imine (C=N–C) groups is 1. The third-order valence-electron chi connectivity index (χ3n) is 4.26. The van der Waals surface area contributed by atoms with Crippen molar-refractivity contribution in [2.45, 2.75) is 25.9 Å². The van der Waals surface area contributed by atoms with Gasteiger partial charge in [0.1, 0.15) is 12.4 Å². The fourth-order valence-electron chi connectivity index (χ4n) is 2.76. The lowest BCUT2D eigenvalue weighted by Crippen LogP contribution is -2.39. The van der Waals surface area contributed by atoms with Crippen LogP contribution in [0.25, 0.3) is 0 Å². The predicted octanol–water partition coefficient (Wildman–Crippen LogP) is 3.08. The van der Waals surface area contributed by atoms with Crippen LogP contribution in [-0.4, -0.2) is 58.6 Å². The minimum absolute atomic E-state index is 0.188. The van der Waals surface area contributed by atoms with E-state index < -0.39 is 11.7 Å². The zero-order valence-electron chi connectivity index (χ0n) is 16.8. The summed E-state index contributed by atoms with van der Waals surface area (Å²) in [7, 11) is 0. The Morgan fingerprint density at radius 1 is 1.28 bits per heavy atom. The Balaban J connectivity index is 1.63. The summed E-state index contributed by atoms with van der Waals surface area (Å²) in [5.41, 5.74) is -0.722. The Labute approximate surface area is 169 Å². The number of ether oxygens (including phenoxy) is 3. The van der Waals surface area contributed by atoms with Crippen LogP contribution >= 0.6 is 0 Å². The zero-order chi connectivity index (χ0) is 21.0. The van der Waals surface area contributed by atoms with Crippen molar-refractivity contribution in [2.75, 3.05) is 52.7 Å². The quantitative estimate of drug-likeness (QED) is 0.329. The van der Waals surface area contributed by atoms with Crippen LogP contribution in [0.4, 0.5) is 13.2 Å². The predicted molar refractivity (Wildman–Crippen MR) is 105 cm³/mol. The van der Waals surface area contributed by atoms with E-state index in [1.807, 2.05) is 6.92 Å². The molecule has 29 heavy (non-hydrogen) atoms. The van der Waals surface area contributed by atoms with Crippen LogP contribution in [0.5, 0.6) is 5.75 Å². The van der Waals surface area contributed by atoms with Gasteiger partial charge in [-0.05, 0) is 38.0 Å². The second-order valence-electron chi connectivity index (χ2n) is 6.72. The van der Waals surface area contributed by atoms with Crippen molar-refractivity contribution in [3.8, 4) is 5.75 Å². The molecule has 164 valence electrons. The summed E-state index contributed by atoms with van der Waals surface area (Å²) in [4.78, 5) is 4.46. The summed E-state index contributed by atoms with van der Waals surface area (Å²) in [6.45, 7) is 6.92. The second-order valence-corrected chi connectivity index (χ2v) is 6.72. The molecule has 1 atom stereocenters. The first-order valence-corrected chi connectivity index (χ1v) is 9.96. The molecule has 0 amide bonds. The third-order valence-corrected chi connectivity index (χ3v) is 4.26. The lowest BCUT2D eigenvalue weighted by Gasteiger charge is -2.13. The largest absolute Gasteiger partial charge is 0.492 e. The van der Waals surface area contributed by atoms with Crippen LogP contribution in [0.1, 0.15) is 25.3 Å². The van der Waals surface area contributed by atoms with Gasteiger partial charge >= 0.3 is 6.18 Å². The highest BCUT2D eigenvalue weighted by atomic mass is 19.4. The summed E-state index contributed by atoms with van der Waals surface area (Å²) in [6.07, 6.45) is -2.50. The molecule has 0 radical (unpaired) electrons. The van der Waals surface area contributed by atoms with Gasteiger partial charge in [-0.1, -0.05) is 6.07 Å². The van der Waals surface area contributed by atoms with Crippen LogP contribution in [0.15, 0.2) is 29.3 Å². The topological polar surface area (TPSA) is 64.1 Å². The Morgan fingerprint density at radius 3 is 2.86 bits per heavy atom. The molecule has 1 aliphatic rings. The summed E-state index contributed by atoms with van der Waals surface area (Å²) in [5.74, 6) is 1.34. The third kappa shape index (κ3) is 9.36. The lowest BCUT2D eigenvalue weighted by molar-refractivity contribution is -0.137. The highest BCUT2D eigenvalue weighted by molar-refractivity contribution is 5.79. The highest BCUT2D eigenvalue weighted by Crippen LogP contribution is 2.31. The molecule has 0 aliphatic carbocycles. The molecule has 1 aromatic rings. The SMILES string of the molecule is CCNC(=NCCCOCC1CCOC1)NCCOc1cccc(C(F)(F)F)c1. The first kappa shape index (κ1) is 23.3. The number of nitrogens with one attached hydrogen (secondary N) is 2. The average molecular weight is 417 g/mol. The van der Waals surface area contributed by atoms with Crippen molar-refractivity contribution in [3.63, 3.8) is 0 Å². The molecule has 1 aliphatic heterocycles. The molecular formula is C20H30F3N3O3. The van der Waals surface area contributed by atoms with Gasteiger partial charge in [0.15, 0.2) is 5.96 Å². The van der Waals surface area contributed by atoms with Crippen molar-refractivity contribution >= 4 is 5.96 Å². The number of guanidine groups is 1. The molecule has 0 bridgehead atoms. The van der Waals surface area contributed by atoms with Crippen LogP contribution < -0.4 is 15.4 Å². The van der Waals surface area contributed by atoms with E-state index >= 15 is 0 Å². The molecule has 1 unspecified atom stereocenters. The molecule has 0 saturated carbocycles. The Kier molecular flexibility index (Phi) is 10.1. The number of halogens is 3. The number of nitrogens with zero attached hydrogens (tertiary/aromatic N) is 1. The number of benzene rings is 1. The van der Waals surface area contributed by atoms with Gasteiger partial charge in [-0.3, -0.25) is 4.99 Å². The molecule has 2 rings (SSSR count). The van der Waals surface area contributed by atoms with Gasteiger partial charge in [0.25, 0.3) is 0 Å². The second kappa shape index (κ2) is 12.5. The van der Waals surface area contributed by atoms with Gasteiger partial charge in [0.2, 0.25) is 0 Å². The van der Waals surface area contributed by atoms with E-state index in [-0.39, 0.29) is 12.4 Å². The molecule has 1 aromatic carbocycles. The molecule has 1 heterocycles. The normalized spacial score (nSPS) is 17.4. The van der Waals surface area contributed by atoms with Gasteiger partial charge in [0.05, 0.1) is 25.3 Å². The molecule has 6 nitrogen and oxygen atoms in total. The van der Waals surface area contributed by atoms with Crippen LogP contribution in [0.3, 0.4) is 0 Å². The minimum atomic E-state index is -4.38. The number of hydrogen-bond acceptors (Lipinski definition) is 4. The van der Waals surface area contributed by atoms with Crippen molar-refractivity contribution in [1.82, 2.24) is 10.6 Å². The maximum Gasteiger partial charge on any atom is 0.416 e. The summed E-state index contributed by atoms with van der Waals surface area (Å²) >= 11 is 0. The van der Waals surface area contributed by atoms with Crippen molar-refractivity contribution in [1.29, 1.82) is 0 Å². The molecular weight excluding hydrogens is 387 g/mol. The van der Waals surface area contributed by atoms with Gasteiger partial charge < -0.3 is 24.8 Å². The molecule has 1 saturated heterocycles. The summed E-state index contributed by atoms with van der Waals surface area (Å²) < 4.78 is 54.5. The average Bonchev–Trinajstić information content (AvgIpc) is 3.21. The molecule has 1 fully saturated rings. The first-order chi connectivity index (χ1) is 14.0. The van der Waals surface area contributed by atoms with Crippen molar-refractivity contribution in [2.24, 2.45) is 10.9 Å².